The van der Waals surface area contributed by atoms with Gasteiger partial charge in [0.05, 0.1) is 11.4 Å². The zero-order chi connectivity index (χ0) is 18.5. The molecule has 0 atom stereocenters. The summed E-state index contributed by atoms with van der Waals surface area (Å²) in [6.45, 7) is 3.84. The first-order valence-corrected chi connectivity index (χ1v) is 8.65. The number of hydrogen-bond donors (Lipinski definition) is 2. The second-order valence-corrected chi connectivity index (χ2v) is 6.38. The Morgan fingerprint density at radius 3 is 2.65 bits per heavy atom. The van der Waals surface area contributed by atoms with Gasteiger partial charge in [-0.1, -0.05) is 29.8 Å². The van der Waals surface area contributed by atoms with E-state index in [1.807, 2.05) is 56.3 Å². The minimum absolute atomic E-state index is 0.397. The first-order chi connectivity index (χ1) is 12.5. The zero-order valence-corrected chi connectivity index (χ0v) is 15.8. The second-order valence-electron chi connectivity index (χ2n) is 5.56. The van der Waals surface area contributed by atoms with Crippen molar-refractivity contribution in [1.29, 1.82) is 0 Å². The molecule has 0 unspecified atom stereocenters. The van der Waals surface area contributed by atoms with Crippen LogP contribution in [0.4, 0.5) is 5.69 Å². The van der Waals surface area contributed by atoms with Crippen molar-refractivity contribution in [2.45, 2.75) is 13.8 Å². The van der Waals surface area contributed by atoms with Crippen LogP contribution in [0.1, 0.15) is 18.1 Å². The first kappa shape index (κ1) is 18.0. The molecular weight excluding hydrogens is 368 g/mol. The van der Waals surface area contributed by atoms with Crippen molar-refractivity contribution >= 4 is 40.3 Å². The Morgan fingerprint density at radius 1 is 1.19 bits per heavy atom. The monoisotopic (exact) mass is 384 g/mol. The van der Waals surface area contributed by atoms with E-state index in [0.717, 1.165) is 28.2 Å². The van der Waals surface area contributed by atoms with E-state index >= 15 is 0 Å². The summed E-state index contributed by atoms with van der Waals surface area (Å²) in [5.74, 6) is 0. The largest absolute Gasteiger partial charge is 0.331 e. The van der Waals surface area contributed by atoms with Crippen molar-refractivity contribution in [2.75, 3.05) is 5.32 Å². The zero-order valence-electron chi connectivity index (χ0n) is 14.3. The van der Waals surface area contributed by atoms with Crippen molar-refractivity contribution < 1.29 is 0 Å². The van der Waals surface area contributed by atoms with E-state index in [4.69, 9.17) is 23.8 Å². The quantitative estimate of drug-likeness (QED) is 0.405. The summed E-state index contributed by atoms with van der Waals surface area (Å²) in [6, 6.07) is 13.5. The molecule has 0 fully saturated rings. The molecule has 0 saturated carbocycles. The van der Waals surface area contributed by atoms with Crippen molar-refractivity contribution in [3.05, 3.63) is 71.3 Å². The van der Waals surface area contributed by atoms with E-state index in [9.17, 15) is 0 Å². The van der Waals surface area contributed by atoms with Gasteiger partial charge in [0.1, 0.15) is 12.7 Å². The highest BCUT2D eigenvalue weighted by molar-refractivity contribution is 7.80. The summed E-state index contributed by atoms with van der Waals surface area (Å²) < 4.78 is 1.70. The van der Waals surface area contributed by atoms with Gasteiger partial charge in [-0.05, 0) is 61.5 Å². The topological polar surface area (TPSA) is 67.1 Å². The molecule has 3 rings (SSSR count). The average molecular weight is 385 g/mol. The average Bonchev–Trinajstić information content (AvgIpc) is 3.18. The third-order valence-electron chi connectivity index (χ3n) is 3.81. The number of rotatable bonds is 4. The van der Waals surface area contributed by atoms with Crippen LogP contribution in [0.2, 0.25) is 5.02 Å². The molecule has 2 N–H and O–H groups in total. The van der Waals surface area contributed by atoms with Gasteiger partial charge in [-0.25, -0.2) is 9.67 Å². The predicted octanol–water partition coefficient (Wildman–Crippen LogP) is 3.94. The molecule has 0 aliphatic carbocycles. The molecule has 26 heavy (non-hydrogen) atoms. The van der Waals surface area contributed by atoms with Gasteiger partial charge in [0.15, 0.2) is 5.11 Å². The maximum absolute atomic E-state index is 6.11. The van der Waals surface area contributed by atoms with Gasteiger partial charge in [-0.3, -0.25) is 5.43 Å². The van der Waals surface area contributed by atoms with E-state index < -0.39 is 0 Å². The van der Waals surface area contributed by atoms with Gasteiger partial charge in [0.25, 0.3) is 0 Å². The molecule has 132 valence electrons. The van der Waals surface area contributed by atoms with Crippen molar-refractivity contribution in [3.63, 3.8) is 0 Å². The Labute approximate surface area is 161 Å². The maximum atomic E-state index is 6.11. The molecule has 3 aromatic rings. The minimum atomic E-state index is 0.397. The van der Waals surface area contributed by atoms with E-state index in [2.05, 4.69) is 25.9 Å². The number of nitrogens with zero attached hydrogens (tertiary/aromatic N) is 4. The molecule has 0 aliphatic heterocycles. The van der Waals surface area contributed by atoms with Crippen LogP contribution in [0.3, 0.4) is 0 Å². The second kappa shape index (κ2) is 8.07. The van der Waals surface area contributed by atoms with Crippen LogP contribution in [0.5, 0.6) is 0 Å². The third kappa shape index (κ3) is 4.25. The molecule has 1 aromatic heterocycles. The molecule has 0 saturated heterocycles. The molecule has 1 heterocycles. The maximum Gasteiger partial charge on any atom is 0.191 e. The van der Waals surface area contributed by atoms with Gasteiger partial charge < -0.3 is 5.32 Å². The van der Waals surface area contributed by atoms with Gasteiger partial charge in [0.2, 0.25) is 0 Å². The van der Waals surface area contributed by atoms with Crippen LogP contribution in [0.15, 0.2) is 60.2 Å². The standard InChI is InChI=1S/C18H17ClN6S/c1-12-16(19)4-3-5-17(12)22-18(26)24-23-13(2)14-6-8-15(9-7-14)25-11-20-10-21-25/h3-11H,1-2H3,(H2,22,24,26)/b23-13+. The summed E-state index contributed by atoms with van der Waals surface area (Å²) in [7, 11) is 0. The molecular formula is C18H17ClN6S. The lowest BCUT2D eigenvalue weighted by Gasteiger charge is -2.11. The Bertz CT molecular complexity index is 935. The van der Waals surface area contributed by atoms with Crippen molar-refractivity contribution in [2.24, 2.45) is 5.10 Å². The van der Waals surface area contributed by atoms with Crippen LogP contribution >= 0.6 is 23.8 Å². The third-order valence-corrected chi connectivity index (χ3v) is 4.41. The lowest BCUT2D eigenvalue weighted by atomic mass is 10.1. The molecule has 0 aliphatic rings. The molecule has 0 amide bonds. The summed E-state index contributed by atoms with van der Waals surface area (Å²) in [4.78, 5) is 3.94. The number of hydrogen-bond acceptors (Lipinski definition) is 4. The normalized spacial score (nSPS) is 11.3. The molecule has 0 spiro atoms. The Morgan fingerprint density at radius 2 is 1.96 bits per heavy atom. The molecule has 6 nitrogen and oxygen atoms in total. The van der Waals surface area contributed by atoms with Crippen molar-refractivity contribution in [3.8, 4) is 5.69 Å². The lowest BCUT2D eigenvalue weighted by Crippen LogP contribution is -2.25. The Balaban J connectivity index is 1.64. The summed E-state index contributed by atoms with van der Waals surface area (Å²) in [5, 5.41) is 12.6. The van der Waals surface area contributed by atoms with E-state index in [0.29, 0.717) is 10.1 Å². The minimum Gasteiger partial charge on any atom is -0.331 e. The summed E-state index contributed by atoms with van der Waals surface area (Å²) in [5.41, 5.74) is 7.35. The summed E-state index contributed by atoms with van der Waals surface area (Å²) in [6.07, 6.45) is 3.15. The summed E-state index contributed by atoms with van der Waals surface area (Å²) >= 11 is 11.4. The molecule has 0 radical (unpaired) electrons. The van der Waals surface area contributed by atoms with Crippen LogP contribution < -0.4 is 10.7 Å². The van der Waals surface area contributed by atoms with Gasteiger partial charge in [-0.2, -0.15) is 10.2 Å². The number of nitrogens with one attached hydrogen (secondary N) is 2. The number of thiocarbonyl (C=S) groups is 1. The van der Waals surface area contributed by atoms with Crippen LogP contribution in [0, 0.1) is 6.92 Å². The Hall–Kier alpha value is -2.77. The number of anilines is 1. The predicted molar refractivity (Wildman–Crippen MR) is 109 cm³/mol. The lowest BCUT2D eigenvalue weighted by molar-refractivity contribution is 0.879. The van der Waals surface area contributed by atoms with E-state index in [1.165, 1.54) is 6.33 Å². The molecule has 8 heteroatoms. The van der Waals surface area contributed by atoms with Gasteiger partial charge >= 0.3 is 0 Å². The highest BCUT2D eigenvalue weighted by Gasteiger charge is 2.04. The van der Waals surface area contributed by atoms with Gasteiger partial charge in [-0.15, -0.1) is 0 Å². The highest BCUT2D eigenvalue weighted by atomic mass is 35.5. The van der Waals surface area contributed by atoms with Crippen LogP contribution in [-0.2, 0) is 0 Å². The molecule has 2 aromatic carbocycles. The highest BCUT2D eigenvalue weighted by Crippen LogP contribution is 2.22. The fourth-order valence-electron chi connectivity index (χ4n) is 2.29. The SMILES string of the molecule is C/C(=N\NC(=S)Nc1cccc(Cl)c1C)c1ccc(-n2cncn2)cc1. The van der Waals surface area contributed by atoms with Crippen LogP contribution in [0.25, 0.3) is 5.69 Å². The fourth-order valence-corrected chi connectivity index (χ4v) is 2.62. The van der Waals surface area contributed by atoms with E-state index in [1.54, 1.807) is 11.0 Å². The van der Waals surface area contributed by atoms with E-state index in [-0.39, 0.29) is 0 Å². The smallest absolute Gasteiger partial charge is 0.191 e. The van der Waals surface area contributed by atoms with Crippen molar-refractivity contribution in [1.82, 2.24) is 20.2 Å². The number of aromatic nitrogens is 3. The number of hydrazone groups is 1. The number of halogens is 1. The molecule has 0 bridgehead atoms. The fraction of sp³-hybridized carbons (Fsp3) is 0.111. The number of benzene rings is 2. The Kier molecular flexibility index (Phi) is 5.60. The van der Waals surface area contributed by atoms with Crippen LogP contribution in [-0.4, -0.2) is 25.6 Å². The first-order valence-electron chi connectivity index (χ1n) is 7.86. The van der Waals surface area contributed by atoms with Gasteiger partial charge in [0, 0.05) is 10.7 Å².